The highest BCUT2D eigenvalue weighted by Gasteiger charge is 2.54. The Balaban J connectivity index is 1.58. The monoisotopic (exact) mass is 635 g/mol. The van der Waals surface area contributed by atoms with Crippen LogP contribution in [0, 0.1) is 28.8 Å². The molecule has 5 unspecified atom stereocenters. The number of amides is 1. The van der Waals surface area contributed by atoms with Crippen LogP contribution in [-0.2, 0) is 19.1 Å². The molecule has 1 saturated heterocycles. The van der Waals surface area contributed by atoms with Crippen LogP contribution in [0.1, 0.15) is 31.4 Å². The molecule has 3 aromatic rings. The summed E-state index contributed by atoms with van der Waals surface area (Å²) in [6, 6.07) is 5.22. The number of esters is 1. The third kappa shape index (κ3) is 5.86. The Labute approximate surface area is 252 Å². The van der Waals surface area contributed by atoms with Crippen LogP contribution in [0.15, 0.2) is 36.5 Å². The Morgan fingerprint density at radius 3 is 2.45 bits per heavy atom. The normalized spacial score (nSPS) is 26.4. The first-order valence-corrected chi connectivity index (χ1v) is 13.7. The van der Waals surface area contributed by atoms with Crippen molar-refractivity contribution in [2.75, 3.05) is 11.5 Å². The molecule has 44 heavy (non-hydrogen) atoms. The Morgan fingerprint density at radius 2 is 1.89 bits per heavy atom. The Hall–Kier alpha value is -4.07. The minimum absolute atomic E-state index is 0.116. The molecule has 0 spiro atoms. The summed E-state index contributed by atoms with van der Waals surface area (Å²) >= 11 is 6.21. The van der Waals surface area contributed by atoms with Gasteiger partial charge in [-0.1, -0.05) is 16.8 Å². The molecule has 1 amide bonds. The lowest BCUT2D eigenvalue weighted by molar-refractivity contribution is -0.216. The van der Waals surface area contributed by atoms with Gasteiger partial charge in [-0.15, -0.1) is 5.10 Å². The van der Waals surface area contributed by atoms with Crippen LogP contribution in [0.25, 0.3) is 11.3 Å². The zero-order valence-corrected chi connectivity index (χ0v) is 23.6. The lowest BCUT2D eigenvalue weighted by atomic mass is 9.85. The van der Waals surface area contributed by atoms with Gasteiger partial charge in [-0.25, -0.2) is 17.9 Å². The molecule has 0 radical (unpaired) electrons. The van der Waals surface area contributed by atoms with Crippen molar-refractivity contribution in [2.24, 2.45) is 0 Å². The van der Waals surface area contributed by atoms with E-state index in [2.05, 4.69) is 10.3 Å². The first-order chi connectivity index (χ1) is 20.9. The molecular weight excluding hydrogens is 611 g/mol. The first kappa shape index (κ1) is 31.4. The van der Waals surface area contributed by atoms with Crippen molar-refractivity contribution in [1.82, 2.24) is 15.0 Å². The molecule has 16 heteroatoms. The lowest BCUT2D eigenvalue weighted by Crippen LogP contribution is -2.64. The van der Waals surface area contributed by atoms with Gasteiger partial charge in [-0.3, -0.25) is 9.59 Å². The maximum Gasteiger partial charge on any atom is 0.303 e. The van der Waals surface area contributed by atoms with Crippen molar-refractivity contribution in [3.63, 3.8) is 0 Å². The molecule has 232 valence electrons. The molecule has 3 N–H and O–H groups in total. The van der Waals surface area contributed by atoms with Gasteiger partial charge in [0.1, 0.15) is 23.9 Å². The van der Waals surface area contributed by atoms with E-state index < -0.39 is 78.5 Å². The van der Waals surface area contributed by atoms with Crippen molar-refractivity contribution in [1.29, 1.82) is 5.26 Å². The van der Waals surface area contributed by atoms with Crippen LogP contribution >= 0.6 is 11.6 Å². The average molecular weight is 636 g/mol. The van der Waals surface area contributed by atoms with Crippen LogP contribution in [-0.4, -0.2) is 85.4 Å². The summed E-state index contributed by atoms with van der Waals surface area (Å²) < 4.78 is 53.6. The standard InChI is InChI=1S/C28H25ClF3N5O7/c1-12(39)43-26-24(36-10-19(34-35-36)14-6-17(30)23(32)18(31)7-14)25(41)22(11-38)44-27(26)28(42)37(20-2-3-21(20)40)16-5-13(9-33)4-15(29)8-16/h4-8,10,20-22,24-27,38,40-41H,2-3,11H2,1H3/t20-,21-,22?,24?,25?,26?,27?/m1/s1. The molecule has 2 aromatic carbocycles. The van der Waals surface area contributed by atoms with E-state index in [9.17, 15) is 43.3 Å². The highest BCUT2D eigenvalue weighted by Crippen LogP contribution is 2.38. The quantitative estimate of drug-likeness (QED) is 0.258. The lowest BCUT2D eigenvalue weighted by Gasteiger charge is -2.47. The van der Waals surface area contributed by atoms with Crippen molar-refractivity contribution < 1.29 is 47.6 Å². The first-order valence-electron chi connectivity index (χ1n) is 13.3. The SMILES string of the molecule is CC(=O)OC1C(C(=O)N(c2cc(Cl)cc(C#N)c2)[C@@H]2CC[C@H]2O)OC(CO)C(O)C1n1cc(-c2cc(F)c(F)c(F)c2)nn1. The maximum atomic E-state index is 14.3. The van der Waals surface area contributed by atoms with Gasteiger partial charge in [0.2, 0.25) is 0 Å². The molecule has 2 fully saturated rings. The van der Waals surface area contributed by atoms with E-state index in [-0.39, 0.29) is 27.5 Å². The summed E-state index contributed by atoms with van der Waals surface area (Å²) in [6.07, 6.45) is -5.53. The van der Waals surface area contributed by atoms with Gasteiger partial charge in [0.05, 0.1) is 36.6 Å². The van der Waals surface area contributed by atoms with Gasteiger partial charge < -0.3 is 29.7 Å². The third-order valence-electron chi connectivity index (χ3n) is 7.57. The zero-order chi connectivity index (χ0) is 31.9. The van der Waals surface area contributed by atoms with Crippen LogP contribution in [0.3, 0.4) is 0 Å². The molecular formula is C28H25ClF3N5O7. The second-order valence-corrected chi connectivity index (χ2v) is 10.8. The summed E-state index contributed by atoms with van der Waals surface area (Å²) in [5.41, 5.74) is -0.109. The van der Waals surface area contributed by atoms with Crippen LogP contribution < -0.4 is 4.90 Å². The molecule has 2 aliphatic rings. The second-order valence-electron chi connectivity index (χ2n) is 10.4. The number of hydrogen-bond donors (Lipinski definition) is 3. The minimum atomic E-state index is -1.71. The fraction of sp³-hybridized carbons (Fsp3) is 0.393. The van der Waals surface area contributed by atoms with Crippen LogP contribution in [0.4, 0.5) is 18.9 Å². The van der Waals surface area contributed by atoms with E-state index in [0.717, 1.165) is 17.8 Å². The molecule has 1 aliphatic heterocycles. The number of carbonyl (C=O) groups is 2. The Bertz CT molecular complexity index is 1610. The molecule has 1 aliphatic carbocycles. The number of aromatic nitrogens is 3. The van der Waals surface area contributed by atoms with E-state index in [1.54, 1.807) is 0 Å². The molecule has 12 nitrogen and oxygen atoms in total. The highest BCUT2D eigenvalue weighted by molar-refractivity contribution is 6.31. The second kappa shape index (κ2) is 12.5. The number of carbonyl (C=O) groups excluding carboxylic acids is 2. The number of aliphatic hydroxyl groups excluding tert-OH is 3. The van der Waals surface area contributed by atoms with Gasteiger partial charge in [-0.2, -0.15) is 5.26 Å². The summed E-state index contributed by atoms with van der Waals surface area (Å²) in [5.74, 6) is -6.40. The fourth-order valence-electron chi connectivity index (χ4n) is 5.34. The van der Waals surface area contributed by atoms with Gasteiger partial charge in [0.25, 0.3) is 5.91 Å². The smallest absolute Gasteiger partial charge is 0.303 e. The molecule has 5 rings (SSSR count). The topological polar surface area (TPSA) is 171 Å². The third-order valence-corrected chi connectivity index (χ3v) is 7.79. The number of nitrogens with zero attached hydrogens (tertiary/aromatic N) is 5. The Kier molecular flexibility index (Phi) is 8.91. The van der Waals surface area contributed by atoms with Crippen molar-refractivity contribution in [3.05, 3.63) is 64.6 Å². The van der Waals surface area contributed by atoms with Gasteiger partial charge in [-0.05, 0) is 43.2 Å². The van der Waals surface area contributed by atoms with E-state index in [1.165, 1.54) is 23.1 Å². The van der Waals surface area contributed by atoms with E-state index in [4.69, 9.17) is 21.1 Å². The van der Waals surface area contributed by atoms with Crippen molar-refractivity contribution >= 4 is 29.2 Å². The number of nitriles is 1. The molecule has 1 saturated carbocycles. The summed E-state index contributed by atoms with van der Waals surface area (Å²) in [7, 11) is 0. The number of ether oxygens (including phenoxy) is 2. The van der Waals surface area contributed by atoms with E-state index >= 15 is 0 Å². The summed E-state index contributed by atoms with van der Waals surface area (Å²) in [5, 5.41) is 49.1. The van der Waals surface area contributed by atoms with E-state index in [1.807, 2.05) is 6.07 Å². The van der Waals surface area contributed by atoms with Crippen LogP contribution in [0.2, 0.25) is 5.02 Å². The van der Waals surface area contributed by atoms with E-state index in [0.29, 0.717) is 25.0 Å². The van der Waals surface area contributed by atoms with Gasteiger partial charge in [0.15, 0.2) is 29.7 Å². The molecule has 0 bridgehead atoms. The summed E-state index contributed by atoms with van der Waals surface area (Å²) in [4.78, 5) is 27.8. The van der Waals surface area contributed by atoms with Gasteiger partial charge >= 0.3 is 5.97 Å². The van der Waals surface area contributed by atoms with Crippen LogP contribution in [0.5, 0.6) is 0 Å². The predicted octanol–water partition coefficient (Wildman–Crippen LogP) is 2.04. The van der Waals surface area contributed by atoms with Crippen molar-refractivity contribution in [3.8, 4) is 17.3 Å². The fourth-order valence-corrected chi connectivity index (χ4v) is 5.57. The number of aliphatic hydroxyl groups is 3. The minimum Gasteiger partial charge on any atom is -0.457 e. The number of rotatable bonds is 7. The molecule has 2 heterocycles. The predicted molar refractivity (Wildman–Crippen MR) is 144 cm³/mol. The number of halogens is 4. The number of hydrogen-bond acceptors (Lipinski definition) is 10. The van der Waals surface area contributed by atoms with Crippen molar-refractivity contribution in [2.45, 2.75) is 62.4 Å². The molecule has 7 atom stereocenters. The largest absolute Gasteiger partial charge is 0.457 e. The Morgan fingerprint density at radius 1 is 1.18 bits per heavy atom. The average Bonchev–Trinajstić information content (AvgIpc) is 3.46. The van der Waals surface area contributed by atoms with Gasteiger partial charge in [0, 0.05) is 23.2 Å². The zero-order valence-electron chi connectivity index (χ0n) is 22.8. The number of anilines is 1. The molecule has 1 aromatic heterocycles. The highest BCUT2D eigenvalue weighted by atomic mass is 35.5. The summed E-state index contributed by atoms with van der Waals surface area (Å²) in [6.45, 7) is 0.246. The number of benzene rings is 2. The maximum absolute atomic E-state index is 14.3.